The van der Waals surface area contributed by atoms with Crippen LogP contribution in [0.4, 0.5) is 31.1 Å². The highest BCUT2D eigenvalue weighted by Gasteiger charge is 2.39. The predicted octanol–water partition coefficient (Wildman–Crippen LogP) is 7.02. The highest BCUT2D eigenvalue weighted by atomic mass is 32.2. The Balaban J connectivity index is 1.37. The van der Waals surface area contributed by atoms with Gasteiger partial charge in [-0.1, -0.05) is 12.1 Å². The maximum absolute atomic E-state index is 13.5. The number of hydrogen-bond acceptors (Lipinski definition) is 4. The summed E-state index contributed by atoms with van der Waals surface area (Å²) in [6, 6.07) is 1.80. The van der Waals surface area contributed by atoms with Crippen molar-refractivity contribution in [3.63, 3.8) is 0 Å². The summed E-state index contributed by atoms with van der Waals surface area (Å²) in [6.07, 6.45) is -3.35. The first kappa shape index (κ1) is 29.6. The Kier molecular flexibility index (Phi) is 8.85. The number of amides is 2. The third kappa shape index (κ3) is 7.25. The second-order valence-electron chi connectivity index (χ2n) is 10.7. The van der Waals surface area contributed by atoms with E-state index in [1.165, 1.54) is 0 Å². The first-order chi connectivity index (χ1) is 18.2. The van der Waals surface area contributed by atoms with Gasteiger partial charge in [-0.05, 0) is 87.0 Å². The summed E-state index contributed by atoms with van der Waals surface area (Å²) in [5, 5.41) is -0.262. The number of benzene rings is 1. The van der Waals surface area contributed by atoms with Crippen molar-refractivity contribution in [1.29, 1.82) is 0 Å². The molecule has 0 unspecified atom stereocenters. The topological polar surface area (TPSA) is 53.0 Å². The summed E-state index contributed by atoms with van der Waals surface area (Å²) >= 11 is 1.10. The third-order valence-corrected chi connectivity index (χ3v) is 8.55. The Morgan fingerprint density at radius 3 is 2.23 bits per heavy atom. The standard InChI is InChI=1S/C27H31F6N3O2S/c1-35(2)24(37)18-5-3-17(4-6-18)23-22(39-25(38)34-23)13-16-9-11-36(12-10-16)15-19-7-8-20(26(28,29)30)14-21(19)27(31,32)33/h7-8,13-14,16-18H,3-6,9-12,15H2,1-2H3/b22-13-. The van der Waals surface area contributed by atoms with Gasteiger partial charge in [0.15, 0.2) is 0 Å². The summed E-state index contributed by atoms with van der Waals surface area (Å²) < 4.78 is 79.5. The normalized spacial score (nSPS) is 24.8. The van der Waals surface area contributed by atoms with Gasteiger partial charge >= 0.3 is 17.6 Å². The molecule has 2 fully saturated rings. The number of likely N-dealkylation sites (tertiary alicyclic amines) is 1. The highest BCUT2D eigenvalue weighted by Crippen LogP contribution is 2.41. The molecule has 4 rings (SSSR count). The van der Waals surface area contributed by atoms with Crippen molar-refractivity contribution < 1.29 is 35.9 Å². The van der Waals surface area contributed by atoms with Crippen LogP contribution in [0.2, 0.25) is 0 Å². The fourth-order valence-corrected chi connectivity index (χ4v) is 6.51. The smallest absolute Gasteiger partial charge is 0.349 e. The van der Waals surface area contributed by atoms with Gasteiger partial charge in [-0.3, -0.25) is 14.5 Å². The van der Waals surface area contributed by atoms with E-state index < -0.39 is 23.5 Å². The number of piperidine rings is 1. The van der Waals surface area contributed by atoms with Crippen LogP contribution in [-0.4, -0.2) is 53.8 Å². The van der Waals surface area contributed by atoms with E-state index >= 15 is 0 Å². The van der Waals surface area contributed by atoms with Gasteiger partial charge in [-0.2, -0.15) is 26.3 Å². The molecule has 1 aliphatic carbocycles. The molecule has 0 aromatic heterocycles. The van der Waals surface area contributed by atoms with Crippen molar-refractivity contribution in [2.75, 3.05) is 27.2 Å². The van der Waals surface area contributed by atoms with E-state index in [1.807, 2.05) is 11.0 Å². The van der Waals surface area contributed by atoms with Crippen molar-refractivity contribution >= 4 is 28.6 Å². The highest BCUT2D eigenvalue weighted by molar-refractivity contribution is 8.18. The van der Waals surface area contributed by atoms with Gasteiger partial charge in [0.05, 0.1) is 16.8 Å². The van der Waals surface area contributed by atoms with Gasteiger partial charge in [-0.25, -0.2) is 4.99 Å². The number of nitrogens with zero attached hydrogens (tertiary/aromatic N) is 3. The number of thioether (sulfide) groups is 1. The maximum Gasteiger partial charge on any atom is 0.416 e. The Bertz CT molecular complexity index is 1150. The lowest BCUT2D eigenvalue weighted by Gasteiger charge is -2.32. The molecule has 2 aliphatic heterocycles. The van der Waals surface area contributed by atoms with E-state index in [4.69, 9.17) is 0 Å². The summed E-state index contributed by atoms with van der Waals surface area (Å²) in [7, 11) is 3.49. The van der Waals surface area contributed by atoms with Crippen LogP contribution in [0.1, 0.15) is 55.2 Å². The maximum atomic E-state index is 13.5. The fraction of sp³-hybridized carbons (Fsp3) is 0.593. The summed E-state index contributed by atoms with van der Waals surface area (Å²) in [5.41, 5.74) is -1.97. The van der Waals surface area contributed by atoms with E-state index in [9.17, 15) is 35.9 Å². The molecule has 5 nitrogen and oxygen atoms in total. The van der Waals surface area contributed by atoms with Crippen LogP contribution < -0.4 is 0 Å². The van der Waals surface area contributed by atoms with Gasteiger partial charge in [0.1, 0.15) is 0 Å². The van der Waals surface area contributed by atoms with E-state index in [1.54, 1.807) is 19.0 Å². The minimum Gasteiger partial charge on any atom is -0.349 e. The number of alkyl halides is 6. The molecule has 0 radical (unpaired) electrons. The van der Waals surface area contributed by atoms with Crippen LogP contribution in [0.15, 0.2) is 34.2 Å². The average Bonchev–Trinajstić information content (AvgIpc) is 3.23. The molecule has 1 aromatic rings. The third-order valence-electron chi connectivity index (χ3n) is 7.72. The molecule has 1 aromatic carbocycles. The second kappa shape index (κ2) is 11.6. The second-order valence-corrected chi connectivity index (χ2v) is 11.7. The molecule has 0 bridgehead atoms. The predicted molar refractivity (Wildman–Crippen MR) is 137 cm³/mol. The lowest BCUT2D eigenvalue weighted by atomic mass is 9.78. The van der Waals surface area contributed by atoms with Crippen molar-refractivity contribution in [2.24, 2.45) is 22.7 Å². The number of hydrogen-bond donors (Lipinski definition) is 0. The molecule has 1 saturated carbocycles. The zero-order valence-electron chi connectivity index (χ0n) is 21.7. The number of carbonyl (C=O) groups excluding carboxylic acids is 2. The number of carbonyl (C=O) groups is 2. The van der Waals surface area contributed by atoms with Crippen LogP contribution in [0.25, 0.3) is 0 Å². The average molecular weight is 576 g/mol. The van der Waals surface area contributed by atoms with E-state index in [-0.39, 0.29) is 47.1 Å². The van der Waals surface area contributed by atoms with Crippen molar-refractivity contribution in [3.8, 4) is 0 Å². The first-order valence-electron chi connectivity index (χ1n) is 13.0. The Labute approximate surface area is 227 Å². The van der Waals surface area contributed by atoms with Crippen LogP contribution >= 0.6 is 11.8 Å². The zero-order chi connectivity index (χ0) is 28.5. The quantitative estimate of drug-likeness (QED) is 0.354. The van der Waals surface area contributed by atoms with Gasteiger partial charge in [0, 0.05) is 37.4 Å². The molecular formula is C27H31F6N3O2S. The van der Waals surface area contributed by atoms with Crippen LogP contribution in [0.5, 0.6) is 0 Å². The van der Waals surface area contributed by atoms with Gasteiger partial charge in [-0.15, -0.1) is 0 Å². The molecule has 39 heavy (non-hydrogen) atoms. The largest absolute Gasteiger partial charge is 0.416 e. The molecule has 214 valence electrons. The summed E-state index contributed by atoms with van der Waals surface area (Å²) in [6.45, 7) is 0.871. The summed E-state index contributed by atoms with van der Waals surface area (Å²) in [4.78, 5) is 33.0. The van der Waals surface area contributed by atoms with E-state index in [0.29, 0.717) is 32.0 Å². The van der Waals surface area contributed by atoms with E-state index in [2.05, 4.69) is 4.99 Å². The number of aliphatic imine (C=N–C) groups is 1. The van der Waals surface area contributed by atoms with Crippen molar-refractivity contribution in [1.82, 2.24) is 9.80 Å². The number of halogens is 6. The van der Waals surface area contributed by atoms with Crippen LogP contribution in [0.3, 0.4) is 0 Å². The number of allylic oxidation sites excluding steroid dienone is 2. The molecule has 0 atom stereocenters. The zero-order valence-corrected chi connectivity index (χ0v) is 22.6. The molecule has 1 saturated heterocycles. The fourth-order valence-electron chi connectivity index (χ4n) is 5.60. The minimum absolute atomic E-state index is 0.0131. The molecule has 2 heterocycles. The van der Waals surface area contributed by atoms with Crippen LogP contribution in [0, 0.1) is 17.8 Å². The molecule has 0 N–H and O–H groups in total. The Morgan fingerprint density at radius 2 is 1.67 bits per heavy atom. The van der Waals surface area contributed by atoms with Gasteiger partial charge in [0.25, 0.3) is 0 Å². The Morgan fingerprint density at radius 1 is 1.03 bits per heavy atom. The van der Waals surface area contributed by atoms with Gasteiger partial charge in [0.2, 0.25) is 5.91 Å². The Hall–Kier alpha value is -2.34. The van der Waals surface area contributed by atoms with Gasteiger partial charge < -0.3 is 4.90 Å². The monoisotopic (exact) mass is 575 g/mol. The molecule has 0 spiro atoms. The lowest BCUT2D eigenvalue weighted by Crippen LogP contribution is -2.34. The summed E-state index contributed by atoms with van der Waals surface area (Å²) in [5.74, 6) is 0.331. The minimum atomic E-state index is -4.89. The lowest BCUT2D eigenvalue weighted by molar-refractivity contribution is -0.143. The SMILES string of the molecule is CN(C)C(=O)C1CCC(C2=NC(=O)S/C2=C\C2CCN(Cc3ccc(C(F)(F)F)cc3C(F)(F)F)CC2)CC1. The molecule has 2 amide bonds. The van der Waals surface area contributed by atoms with E-state index in [0.717, 1.165) is 54.1 Å². The van der Waals surface area contributed by atoms with Crippen molar-refractivity contribution in [2.45, 2.75) is 57.4 Å². The van der Waals surface area contributed by atoms with Crippen molar-refractivity contribution in [3.05, 3.63) is 45.9 Å². The molecule has 12 heteroatoms. The number of rotatable bonds is 5. The first-order valence-corrected chi connectivity index (χ1v) is 13.8. The molecule has 3 aliphatic rings. The molecular weight excluding hydrogens is 544 g/mol. The van der Waals surface area contributed by atoms with Crippen LogP contribution in [-0.2, 0) is 23.7 Å².